The number of amides is 2. The largest absolute Gasteiger partial charge is 0.497 e. The van der Waals surface area contributed by atoms with Crippen LogP contribution in [0.5, 0.6) is 5.75 Å². The number of nitrogens with zero attached hydrogens (tertiary/aromatic N) is 1. The van der Waals surface area contributed by atoms with E-state index in [1.807, 2.05) is 48.5 Å². The summed E-state index contributed by atoms with van der Waals surface area (Å²) in [7, 11) is 3.34. The van der Waals surface area contributed by atoms with Crippen molar-refractivity contribution in [3.05, 3.63) is 54.1 Å². The first-order valence-electron chi connectivity index (χ1n) is 7.97. The van der Waals surface area contributed by atoms with Gasteiger partial charge in [-0.25, -0.2) is 0 Å². The van der Waals surface area contributed by atoms with E-state index in [4.69, 9.17) is 4.74 Å². The number of anilines is 2. The maximum atomic E-state index is 11.9. The van der Waals surface area contributed by atoms with Crippen molar-refractivity contribution >= 4 is 23.2 Å². The maximum absolute atomic E-state index is 11.9. The van der Waals surface area contributed by atoms with Crippen molar-refractivity contribution < 1.29 is 14.3 Å². The summed E-state index contributed by atoms with van der Waals surface area (Å²) < 4.78 is 5.10. The van der Waals surface area contributed by atoms with Crippen LogP contribution >= 0.6 is 0 Å². The van der Waals surface area contributed by atoms with Gasteiger partial charge < -0.3 is 20.3 Å². The van der Waals surface area contributed by atoms with Gasteiger partial charge in [-0.1, -0.05) is 12.1 Å². The van der Waals surface area contributed by atoms with Crippen LogP contribution in [0.15, 0.2) is 48.5 Å². The number of hydrogen-bond donors (Lipinski definition) is 2. The number of rotatable bonds is 7. The van der Waals surface area contributed by atoms with Crippen molar-refractivity contribution in [3.63, 3.8) is 0 Å². The van der Waals surface area contributed by atoms with Gasteiger partial charge >= 0.3 is 0 Å². The molecular weight excluding hydrogens is 318 g/mol. The van der Waals surface area contributed by atoms with Crippen molar-refractivity contribution in [2.24, 2.45) is 0 Å². The first-order chi connectivity index (χ1) is 12.0. The van der Waals surface area contributed by atoms with Gasteiger partial charge in [0.1, 0.15) is 5.75 Å². The monoisotopic (exact) mass is 341 g/mol. The lowest BCUT2D eigenvalue weighted by molar-refractivity contribution is -0.119. The Kier molecular flexibility index (Phi) is 6.39. The van der Waals surface area contributed by atoms with Crippen molar-refractivity contribution in [2.45, 2.75) is 13.5 Å². The topological polar surface area (TPSA) is 70.7 Å². The van der Waals surface area contributed by atoms with Crippen molar-refractivity contribution in [3.8, 4) is 5.75 Å². The first-order valence-corrected chi connectivity index (χ1v) is 7.97. The highest BCUT2D eigenvalue weighted by atomic mass is 16.5. The molecule has 2 aromatic rings. The van der Waals surface area contributed by atoms with E-state index < -0.39 is 0 Å². The minimum Gasteiger partial charge on any atom is -0.497 e. The maximum Gasteiger partial charge on any atom is 0.239 e. The number of methoxy groups -OCH3 is 1. The van der Waals surface area contributed by atoms with Gasteiger partial charge in [-0.2, -0.15) is 0 Å². The zero-order valence-electron chi connectivity index (χ0n) is 14.7. The Labute approximate surface area is 147 Å². The third kappa shape index (κ3) is 5.53. The molecule has 132 valence electrons. The van der Waals surface area contributed by atoms with E-state index in [2.05, 4.69) is 10.6 Å². The smallest absolute Gasteiger partial charge is 0.239 e. The second kappa shape index (κ2) is 8.73. The summed E-state index contributed by atoms with van der Waals surface area (Å²) in [6, 6.07) is 14.9. The van der Waals surface area contributed by atoms with Crippen molar-refractivity contribution in [1.82, 2.24) is 5.32 Å². The summed E-state index contributed by atoms with van der Waals surface area (Å²) in [6.07, 6.45) is 0. The Morgan fingerprint density at radius 3 is 2.24 bits per heavy atom. The van der Waals surface area contributed by atoms with Gasteiger partial charge in [0.25, 0.3) is 0 Å². The Morgan fingerprint density at radius 2 is 1.68 bits per heavy atom. The lowest BCUT2D eigenvalue weighted by Crippen LogP contribution is -2.29. The first kappa shape index (κ1) is 18.3. The summed E-state index contributed by atoms with van der Waals surface area (Å²) in [5.41, 5.74) is 2.63. The number of hydrogen-bond acceptors (Lipinski definition) is 4. The molecule has 0 heterocycles. The Balaban J connectivity index is 1.78. The summed E-state index contributed by atoms with van der Waals surface area (Å²) in [5, 5.41) is 5.91. The van der Waals surface area contributed by atoms with Crippen LogP contribution in [-0.2, 0) is 16.1 Å². The van der Waals surface area contributed by atoms with Gasteiger partial charge in [-0.15, -0.1) is 0 Å². The zero-order valence-corrected chi connectivity index (χ0v) is 14.7. The number of nitrogens with one attached hydrogen (secondary N) is 2. The summed E-state index contributed by atoms with van der Waals surface area (Å²) >= 11 is 0. The molecule has 0 saturated carbocycles. The minimum atomic E-state index is -0.0965. The molecule has 0 fully saturated rings. The molecule has 0 spiro atoms. The molecule has 0 aliphatic heterocycles. The fraction of sp³-hybridized carbons (Fsp3) is 0.263. The van der Waals surface area contributed by atoms with Gasteiger partial charge in [0.2, 0.25) is 11.8 Å². The van der Waals surface area contributed by atoms with Gasteiger partial charge in [0.05, 0.1) is 13.7 Å². The van der Waals surface area contributed by atoms with Crippen LogP contribution in [0.1, 0.15) is 12.5 Å². The third-order valence-corrected chi connectivity index (χ3v) is 3.83. The van der Waals surface area contributed by atoms with E-state index in [-0.39, 0.29) is 18.4 Å². The predicted octanol–water partition coefficient (Wildman–Crippen LogP) is 2.41. The molecule has 6 heteroatoms. The molecule has 6 nitrogen and oxygen atoms in total. The van der Waals surface area contributed by atoms with Crippen LogP contribution < -0.4 is 20.3 Å². The predicted molar refractivity (Wildman–Crippen MR) is 98.9 cm³/mol. The standard InChI is InChI=1S/C19H23N3O3/c1-14(23)22(2)17-8-6-16(7-9-17)20-13-19(24)21-12-15-4-10-18(25-3)11-5-15/h4-11,20H,12-13H2,1-3H3,(H,21,24). The van der Waals surface area contributed by atoms with Crippen molar-refractivity contribution in [1.29, 1.82) is 0 Å². The molecule has 2 N–H and O–H groups in total. The highest BCUT2D eigenvalue weighted by Gasteiger charge is 2.06. The molecule has 2 rings (SSSR count). The Morgan fingerprint density at radius 1 is 1.04 bits per heavy atom. The fourth-order valence-corrected chi connectivity index (χ4v) is 2.17. The summed E-state index contributed by atoms with van der Waals surface area (Å²) in [6.45, 7) is 2.16. The molecule has 0 unspecified atom stereocenters. The van der Waals surface area contributed by atoms with Gasteiger partial charge in [0.15, 0.2) is 0 Å². The average Bonchev–Trinajstić information content (AvgIpc) is 2.64. The molecule has 0 atom stereocenters. The van der Waals surface area contributed by atoms with Gasteiger partial charge in [-0.3, -0.25) is 9.59 Å². The van der Waals surface area contributed by atoms with E-state index in [0.717, 1.165) is 22.7 Å². The zero-order chi connectivity index (χ0) is 18.2. The van der Waals surface area contributed by atoms with Gasteiger partial charge in [-0.05, 0) is 42.0 Å². The average molecular weight is 341 g/mol. The normalized spacial score (nSPS) is 10.0. The van der Waals surface area contributed by atoms with E-state index in [0.29, 0.717) is 6.54 Å². The second-order valence-corrected chi connectivity index (χ2v) is 5.60. The number of benzene rings is 2. The summed E-state index contributed by atoms with van der Waals surface area (Å²) in [5.74, 6) is 0.662. The highest BCUT2D eigenvalue weighted by molar-refractivity contribution is 5.91. The van der Waals surface area contributed by atoms with E-state index >= 15 is 0 Å². The number of ether oxygens (including phenoxy) is 1. The molecule has 0 aliphatic carbocycles. The Bertz CT molecular complexity index is 712. The molecule has 0 saturated heterocycles. The quantitative estimate of drug-likeness (QED) is 0.811. The van der Waals surface area contributed by atoms with Crippen LogP contribution in [-0.4, -0.2) is 32.5 Å². The molecule has 25 heavy (non-hydrogen) atoms. The van der Waals surface area contributed by atoms with Crippen LogP contribution in [0, 0.1) is 0 Å². The van der Waals surface area contributed by atoms with Crippen molar-refractivity contribution in [2.75, 3.05) is 30.9 Å². The molecule has 2 amide bonds. The molecule has 0 radical (unpaired) electrons. The molecule has 0 aromatic heterocycles. The molecule has 0 bridgehead atoms. The van der Waals surface area contributed by atoms with Crippen LogP contribution in [0.2, 0.25) is 0 Å². The van der Waals surface area contributed by atoms with Crippen LogP contribution in [0.4, 0.5) is 11.4 Å². The van der Waals surface area contributed by atoms with Crippen LogP contribution in [0.3, 0.4) is 0 Å². The third-order valence-electron chi connectivity index (χ3n) is 3.83. The fourth-order valence-electron chi connectivity index (χ4n) is 2.17. The highest BCUT2D eigenvalue weighted by Crippen LogP contribution is 2.16. The number of carbonyl (C=O) groups excluding carboxylic acids is 2. The molecule has 0 aliphatic rings. The van der Waals surface area contributed by atoms with E-state index in [9.17, 15) is 9.59 Å². The van der Waals surface area contributed by atoms with E-state index in [1.165, 1.54) is 6.92 Å². The molecular formula is C19H23N3O3. The number of carbonyl (C=O) groups is 2. The SMILES string of the molecule is COc1ccc(CNC(=O)CNc2ccc(N(C)C(C)=O)cc2)cc1. The van der Waals surface area contributed by atoms with Gasteiger partial charge in [0, 0.05) is 31.9 Å². The van der Waals surface area contributed by atoms with E-state index in [1.54, 1.807) is 19.1 Å². The summed E-state index contributed by atoms with van der Waals surface area (Å²) in [4.78, 5) is 24.8. The minimum absolute atomic E-state index is 0.0291. The lowest BCUT2D eigenvalue weighted by atomic mass is 10.2. The van der Waals surface area contributed by atoms with Crippen LogP contribution in [0.25, 0.3) is 0 Å². The lowest BCUT2D eigenvalue weighted by Gasteiger charge is -2.15. The Hall–Kier alpha value is -3.02. The second-order valence-electron chi connectivity index (χ2n) is 5.60. The molecule has 2 aromatic carbocycles.